The van der Waals surface area contributed by atoms with E-state index in [2.05, 4.69) is 15.4 Å². The lowest BCUT2D eigenvalue weighted by atomic mass is 9.88. The molecule has 0 radical (unpaired) electrons. The van der Waals surface area contributed by atoms with E-state index < -0.39 is 172 Å². The van der Waals surface area contributed by atoms with Crippen LogP contribution >= 0.6 is 0 Å². The number of aliphatic carboxylic acids is 1. The van der Waals surface area contributed by atoms with E-state index in [1.54, 1.807) is 0 Å². The number of methoxy groups -OCH3 is 1. The number of nitrogens with one attached hydrogen (secondary N) is 2. The number of amides is 2. The second-order valence-corrected chi connectivity index (χ2v) is 17.3. The number of aliphatic hydroxyl groups excluding tert-OH is 11. The van der Waals surface area contributed by atoms with Crippen LogP contribution in [-0.2, 0) is 61.8 Å². The fourth-order valence-corrected chi connectivity index (χ4v) is 8.50. The normalized spacial score (nSPS) is 39.6. The lowest BCUT2D eigenvalue weighted by Crippen LogP contribution is -2.71. The molecule has 4 aliphatic heterocycles. The van der Waals surface area contributed by atoms with Crippen LogP contribution in [0, 0.1) is 0 Å². The Balaban J connectivity index is 1.66. The third-order valence-corrected chi connectivity index (χ3v) is 12.2. The van der Waals surface area contributed by atoms with E-state index in [0.717, 1.165) is 33.1 Å². The molecule has 27 heteroatoms. The number of carbonyl (C=O) groups excluding carboxylic acids is 3. The smallest absolute Gasteiger partial charge is 0.364 e. The second-order valence-electron chi connectivity index (χ2n) is 17.3. The van der Waals surface area contributed by atoms with Gasteiger partial charge in [0.2, 0.25) is 11.8 Å². The summed E-state index contributed by atoms with van der Waals surface area (Å²) in [5, 5.41) is 134. The molecule has 14 N–H and O–H groups in total. The van der Waals surface area contributed by atoms with E-state index in [-0.39, 0.29) is 12.6 Å². The highest BCUT2D eigenvalue weighted by Crippen LogP contribution is 2.39. The number of carbonyl (C=O) groups is 4. The Morgan fingerprint density at radius 1 is 0.691 bits per heavy atom. The van der Waals surface area contributed by atoms with Crippen molar-refractivity contribution < 1.29 is 123 Å². The van der Waals surface area contributed by atoms with Crippen LogP contribution in [0.4, 0.5) is 0 Å². The van der Waals surface area contributed by atoms with Crippen molar-refractivity contribution in [2.75, 3.05) is 33.5 Å². The Morgan fingerprint density at radius 3 is 1.85 bits per heavy atom. The molecule has 0 unspecified atom stereocenters. The van der Waals surface area contributed by atoms with E-state index in [1.807, 2.05) is 0 Å². The summed E-state index contributed by atoms with van der Waals surface area (Å²) >= 11 is 0. The Labute approximate surface area is 391 Å². The molecule has 0 aliphatic carbocycles. The van der Waals surface area contributed by atoms with Crippen molar-refractivity contribution in [1.82, 2.24) is 10.6 Å². The van der Waals surface area contributed by atoms with Gasteiger partial charge in [0.15, 0.2) is 18.9 Å². The summed E-state index contributed by atoms with van der Waals surface area (Å²) in [6.45, 7) is 0.519. The van der Waals surface area contributed by atoms with Crippen LogP contribution in [0.15, 0.2) is 0 Å². The number of ether oxygens (including phenoxy) is 9. The van der Waals surface area contributed by atoms with Crippen LogP contribution in [0.3, 0.4) is 0 Å². The van der Waals surface area contributed by atoms with Gasteiger partial charge in [0.25, 0.3) is 5.79 Å². The summed E-state index contributed by atoms with van der Waals surface area (Å²) in [5.41, 5.74) is 0. The monoisotopic (exact) mass is 990 g/mol. The van der Waals surface area contributed by atoms with Gasteiger partial charge in [-0.2, -0.15) is 0 Å². The van der Waals surface area contributed by atoms with Crippen LogP contribution in [0.2, 0.25) is 0 Å². The molecule has 394 valence electrons. The second kappa shape index (κ2) is 26.5. The van der Waals surface area contributed by atoms with Crippen LogP contribution in [0.5, 0.6) is 0 Å². The van der Waals surface area contributed by atoms with Crippen molar-refractivity contribution in [3.63, 3.8) is 0 Å². The zero-order valence-electron chi connectivity index (χ0n) is 38.2. The Kier molecular flexibility index (Phi) is 22.5. The van der Waals surface area contributed by atoms with Gasteiger partial charge < -0.3 is 115 Å². The molecular weight excluding hydrogens is 920 g/mol. The van der Waals surface area contributed by atoms with Crippen molar-refractivity contribution in [3.8, 4) is 0 Å². The Hall–Kier alpha value is -2.88. The van der Waals surface area contributed by atoms with Crippen LogP contribution in [-0.4, -0.2) is 247 Å². The number of carboxylic acid groups (broad SMARTS) is 1. The van der Waals surface area contributed by atoms with Crippen molar-refractivity contribution in [2.24, 2.45) is 0 Å². The number of carboxylic acids is 1. The van der Waals surface area contributed by atoms with Crippen molar-refractivity contribution in [1.29, 1.82) is 0 Å². The van der Waals surface area contributed by atoms with Crippen molar-refractivity contribution in [2.45, 2.75) is 200 Å². The molecule has 4 fully saturated rings. The summed E-state index contributed by atoms with van der Waals surface area (Å²) in [4.78, 5) is 49.3. The summed E-state index contributed by atoms with van der Waals surface area (Å²) in [5.74, 6) is -6.90. The van der Waals surface area contributed by atoms with Gasteiger partial charge in [-0.05, 0) is 19.8 Å². The van der Waals surface area contributed by atoms with Gasteiger partial charge in [0, 0.05) is 33.3 Å². The molecular formula is C41H70N2O25. The fraction of sp³-hybridized carbons (Fsp3) is 0.902. The first-order valence-electron chi connectivity index (χ1n) is 22.5. The maximum atomic E-state index is 13.0. The van der Waals surface area contributed by atoms with Gasteiger partial charge in [0.05, 0.1) is 45.2 Å². The van der Waals surface area contributed by atoms with Gasteiger partial charge in [-0.15, -0.1) is 0 Å². The first-order chi connectivity index (χ1) is 32.1. The number of rotatable bonds is 24. The van der Waals surface area contributed by atoms with Crippen molar-refractivity contribution in [3.05, 3.63) is 0 Å². The lowest BCUT2D eigenvalue weighted by Gasteiger charge is -2.51. The minimum atomic E-state index is -3.13. The van der Waals surface area contributed by atoms with Gasteiger partial charge in [0.1, 0.15) is 85.4 Å². The number of hydrogen-bond donors (Lipinski definition) is 14. The molecule has 0 bridgehead atoms. The Bertz CT molecular complexity index is 1600. The average molecular weight is 991 g/mol. The summed E-state index contributed by atoms with van der Waals surface area (Å²) in [6, 6.07) is -3.04. The highest BCUT2D eigenvalue weighted by molar-refractivity contribution is 5.77. The van der Waals surface area contributed by atoms with Crippen LogP contribution in [0.1, 0.15) is 72.1 Å². The van der Waals surface area contributed by atoms with Crippen LogP contribution < -0.4 is 10.6 Å². The standard InChI is InChI=1S/C41H70N2O25/c1-17-27(52)30(55)31(56)38(62-17)66-35-26(43-19(3)48)37(61-12-10-8-6-5-7-9-11-24(51)60-4)64-23(16-46)33(35)65-39-32(57)36(29(54)22(15-45)63-39)68-41(40(58)59)13-20(49)25(42-18(2)47)34(67-41)28(53)21(50)14-44/h17,20-23,25-39,44-46,49-50,52-57H,5-16H2,1-4H3,(H,42,47)(H,43,48)(H,58,59)/t17-,20-,21+,22+,23+,25+,26+,27+,28+,29-,30+,31-,32+,33-,34+,35+,36+,37+,38-,39-,41-/m0/s1. The topological polar surface area (TPSA) is 418 Å². The molecule has 4 saturated heterocycles. The largest absolute Gasteiger partial charge is 0.477 e. The molecule has 4 aliphatic rings. The molecule has 68 heavy (non-hydrogen) atoms. The molecule has 27 nitrogen and oxygen atoms in total. The van der Waals surface area contributed by atoms with E-state index in [0.29, 0.717) is 25.7 Å². The average Bonchev–Trinajstić information content (AvgIpc) is 3.30. The Morgan fingerprint density at radius 2 is 1.26 bits per heavy atom. The molecule has 4 rings (SSSR count). The predicted molar refractivity (Wildman–Crippen MR) is 221 cm³/mol. The molecule has 0 aromatic heterocycles. The number of unbranched alkanes of at least 4 members (excludes halogenated alkanes) is 5. The van der Waals surface area contributed by atoms with Crippen LogP contribution in [0.25, 0.3) is 0 Å². The maximum Gasteiger partial charge on any atom is 0.364 e. The molecule has 21 atom stereocenters. The van der Waals surface area contributed by atoms with Gasteiger partial charge in [-0.1, -0.05) is 25.7 Å². The molecule has 2 amide bonds. The van der Waals surface area contributed by atoms with Crippen molar-refractivity contribution >= 4 is 23.8 Å². The summed E-state index contributed by atoms with van der Waals surface area (Å²) in [6.07, 6.45) is -29.9. The summed E-state index contributed by atoms with van der Waals surface area (Å²) < 4.78 is 52.1. The number of hydrogen-bond acceptors (Lipinski definition) is 24. The first-order valence-corrected chi connectivity index (χ1v) is 22.5. The number of aliphatic hydroxyl groups is 11. The highest BCUT2D eigenvalue weighted by Gasteiger charge is 2.61. The zero-order chi connectivity index (χ0) is 50.6. The van der Waals surface area contributed by atoms with E-state index in [4.69, 9.17) is 37.9 Å². The predicted octanol–water partition coefficient (Wildman–Crippen LogP) is -6.30. The zero-order valence-corrected chi connectivity index (χ0v) is 38.2. The SMILES string of the molecule is COC(=O)CCCCCCCCO[C@@H]1O[C@H](CO)[C@H](O[C@@H]2O[C@H](CO)[C@H](O)[C@@H](O[C@]3(C(=O)O)C[C@H](O)[C@@H](NC(C)=O)[C@H]([C@H](O)[C@H](O)CO)O3)[C@H]2O)[C@H](O[C@@H]2O[C@@H](C)[C@@H](O)[C@@H](O)[C@@H]2O)[C@H]1NC(C)=O. The van der Waals surface area contributed by atoms with E-state index >= 15 is 0 Å². The molecule has 0 aromatic rings. The minimum absolute atomic E-state index is 0.0356. The van der Waals surface area contributed by atoms with E-state index in [9.17, 15) is 80.5 Å². The van der Waals surface area contributed by atoms with Gasteiger partial charge >= 0.3 is 11.9 Å². The molecule has 0 spiro atoms. The summed E-state index contributed by atoms with van der Waals surface area (Å²) in [7, 11) is 1.32. The minimum Gasteiger partial charge on any atom is -0.477 e. The highest BCUT2D eigenvalue weighted by atomic mass is 16.8. The first kappa shape index (κ1) is 57.7. The van der Waals surface area contributed by atoms with Gasteiger partial charge in [-0.25, -0.2) is 4.79 Å². The number of esters is 1. The van der Waals surface area contributed by atoms with E-state index in [1.165, 1.54) is 14.0 Å². The third-order valence-electron chi connectivity index (χ3n) is 12.2. The maximum absolute atomic E-state index is 13.0. The molecule has 0 saturated carbocycles. The lowest BCUT2D eigenvalue weighted by molar-refractivity contribution is -0.391. The fourth-order valence-electron chi connectivity index (χ4n) is 8.50. The van der Waals surface area contributed by atoms with Gasteiger partial charge in [-0.3, -0.25) is 14.4 Å². The third kappa shape index (κ3) is 14.4. The molecule has 4 heterocycles. The molecule has 0 aromatic carbocycles. The quantitative estimate of drug-likeness (QED) is 0.0316.